The third-order valence-electron chi connectivity index (χ3n) is 1.01. The maximum Gasteiger partial charge on any atom is 0.404 e. The predicted molar refractivity (Wildman–Crippen MR) is 39.2 cm³/mol. The second-order valence-electron chi connectivity index (χ2n) is 1.84. The monoisotopic (exact) mass is 188 g/mol. The van der Waals surface area contributed by atoms with Gasteiger partial charge in [-0.25, -0.2) is 9.59 Å². The Bertz CT molecular complexity index is 234. The summed E-state index contributed by atoms with van der Waals surface area (Å²) < 4.78 is 3.85. The molecule has 7 nitrogen and oxygen atoms in total. The van der Waals surface area contributed by atoms with Crippen molar-refractivity contribution in [3.05, 3.63) is 0 Å². The van der Waals surface area contributed by atoms with E-state index >= 15 is 0 Å². The lowest BCUT2D eigenvalue weighted by Gasteiger charge is -1.99. The largest absolute Gasteiger partial charge is 0.404 e. The third-order valence-corrected chi connectivity index (χ3v) is 1.01. The van der Waals surface area contributed by atoms with Crippen LogP contribution in [0, 0.1) is 0 Å². The molecule has 2 amide bonds. The van der Waals surface area contributed by atoms with Gasteiger partial charge in [0.2, 0.25) is 0 Å². The molecule has 0 unspecified atom stereocenters. The van der Waals surface area contributed by atoms with E-state index in [0.29, 0.717) is 0 Å². The minimum atomic E-state index is -1.42. The highest BCUT2D eigenvalue weighted by Crippen LogP contribution is 1.81. The van der Waals surface area contributed by atoms with Gasteiger partial charge in [0, 0.05) is 14.1 Å². The molecule has 0 radical (unpaired) electrons. The maximum absolute atomic E-state index is 10.6. The second-order valence-corrected chi connectivity index (χ2v) is 1.84. The highest BCUT2D eigenvalue weighted by Gasteiger charge is 2.22. The normalized spacial score (nSPS) is 8.46. The lowest BCUT2D eigenvalue weighted by Crippen LogP contribution is -2.36. The van der Waals surface area contributed by atoms with Crippen LogP contribution >= 0.6 is 0 Å². The molecule has 72 valence electrons. The summed E-state index contributed by atoms with van der Waals surface area (Å²) in [6.07, 6.45) is 0. The van der Waals surface area contributed by atoms with Crippen LogP contribution in [0.1, 0.15) is 0 Å². The molecule has 0 fully saturated rings. The molecule has 0 rings (SSSR count). The minimum Gasteiger partial charge on any atom is -0.378 e. The Labute approximate surface area is 73.4 Å². The molecule has 0 aromatic rings. The average Bonchev–Trinajstić information content (AvgIpc) is 2.14. The van der Waals surface area contributed by atoms with Crippen LogP contribution in [0.5, 0.6) is 0 Å². The highest BCUT2D eigenvalue weighted by atomic mass is 16.6. The van der Waals surface area contributed by atoms with E-state index in [1.54, 1.807) is 0 Å². The van der Waals surface area contributed by atoms with Gasteiger partial charge in [0.05, 0.1) is 0 Å². The van der Waals surface area contributed by atoms with Crippen molar-refractivity contribution in [2.24, 2.45) is 0 Å². The van der Waals surface area contributed by atoms with E-state index in [0.717, 1.165) is 0 Å². The van der Waals surface area contributed by atoms with E-state index in [1.807, 2.05) is 10.6 Å². The average molecular weight is 188 g/mol. The Hall–Kier alpha value is -1.92. The standard InChI is InChI=1S/C6H8N2O5/c1-7-3(9)5(11)13-6(12)4(10)8-2/h1-2H3,(H,7,9)(H,8,10). The molecular formula is C6H8N2O5. The molecule has 7 heteroatoms. The first kappa shape index (κ1) is 11.1. The van der Waals surface area contributed by atoms with Crippen molar-refractivity contribution in [1.29, 1.82) is 0 Å². The number of amides is 2. The van der Waals surface area contributed by atoms with Crippen molar-refractivity contribution in [2.75, 3.05) is 14.1 Å². The molecule has 0 aromatic carbocycles. The number of hydrogen-bond acceptors (Lipinski definition) is 5. The van der Waals surface area contributed by atoms with Crippen LogP contribution in [-0.2, 0) is 23.9 Å². The molecule has 0 aliphatic rings. The lowest BCUT2D eigenvalue weighted by atomic mass is 10.6. The molecule has 0 spiro atoms. The second kappa shape index (κ2) is 4.86. The third kappa shape index (κ3) is 3.32. The van der Waals surface area contributed by atoms with Gasteiger partial charge >= 0.3 is 23.8 Å². The van der Waals surface area contributed by atoms with Gasteiger partial charge < -0.3 is 15.4 Å². The number of nitrogens with one attached hydrogen (secondary N) is 2. The number of rotatable bonds is 0. The van der Waals surface area contributed by atoms with E-state index in [2.05, 4.69) is 4.74 Å². The molecule has 0 heterocycles. The first-order valence-corrected chi connectivity index (χ1v) is 3.22. The summed E-state index contributed by atoms with van der Waals surface area (Å²) in [6.45, 7) is 0. The van der Waals surface area contributed by atoms with Gasteiger partial charge in [-0.05, 0) is 0 Å². The Morgan fingerprint density at radius 1 is 0.846 bits per heavy atom. The van der Waals surface area contributed by atoms with Gasteiger partial charge in [-0.2, -0.15) is 0 Å². The molecule has 13 heavy (non-hydrogen) atoms. The minimum absolute atomic E-state index is 1.10. The van der Waals surface area contributed by atoms with E-state index in [1.165, 1.54) is 14.1 Å². The van der Waals surface area contributed by atoms with Gasteiger partial charge in [0.15, 0.2) is 0 Å². The Morgan fingerprint density at radius 2 is 1.15 bits per heavy atom. The lowest BCUT2D eigenvalue weighted by molar-refractivity contribution is -0.168. The molecule has 0 aliphatic heterocycles. The molecule has 0 saturated heterocycles. The maximum atomic E-state index is 10.6. The van der Waals surface area contributed by atoms with Crippen LogP contribution in [0.2, 0.25) is 0 Å². The summed E-state index contributed by atoms with van der Waals surface area (Å²) in [5.74, 6) is -5.04. The van der Waals surface area contributed by atoms with Crippen LogP contribution in [-0.4, -0.2) is 37.8 Å². The zero-order chi connectivity index (χ0) is 10.4. The smallest absolute Gasteiger partial charge is 0.378 e. The predicted octanol–water partition coefficient (Wildman–Crippen LogP) is -2.45. The van der Waals surface area contributed by atoms with Gasteiger partial charge in [0.25, 0.3) is 0 Å². The number of esters is 2. The summed E-state index contributed by atoms with van der Waals surface area (Å²) in [4.78, 5) is 42.1. The van der Waals surface area contributed by atoms with Gasteiger partial charge in [0.1, 0.15) is 0 Å². The topological polar surface area (TPSA) is 102 Å². The Kier molecular flexibility index (Phi) is 4.14. The van der Waals surface area contributed by atoms with Gasteiger partial charge in [-0.15, -0.1) is 0 Å². The molecule has 0 aromatic heterocycles. The van der Waals surface area contributed by atoms with E-state index in [9.17, 15) is 19.2 Å². The van der Waals surface area contributed by atoms with Crippen molar-refractivity contribution in [1.82, 2.24) is 10.6 Å². The van der Waals surface area contributed by atoms with Crippen LogP contribution < -0.4 is 10.6 Å². The quantitative estimate of drug-likeness (QED) is 0.249. The summed E-state index contributed by atoms with van der Waals surface area (Å²) in [7, 11) is 2.38. The zero-order valence-electron chi connectivity index (χ0n) is 7.04. The van der Waals surface area contributed by atoms with Gasteiger partial charge in [-0.1, -0.05) is 0 Å². The Balaban J connectivity index is 4.15. The van der Waals surface area contributed by atoms with Gasteiger partial charge in [-0.3, -0.25) is 9.59 Å². The fraction of sp³-hybridized carbons (Fsp3) is 0.333. The first-order valence-electron chi connectivity index (χ1n) is 3.22. The van der Waals surface area contributed by atoms with Crippen LogP contribution in [0.15, 0.2) is 0 Å². The van der Waals surface area contributed by atoms with E-state index < -0.39 is 23.8 Å². The van der Waals surface area contributed by atoms with Crippen molar-refractivity contribution in [3.8, 4) is 0 Å². The number of carbonyl (C=O) groups excluding carboxylic acids is 4. The molecule has 0 aliphatic carbocycles. The fourth-order valence-electron chi connectivity index (χ4n) is 0.381. The summed E-state index contributed by atoms with van der Waals surface area (Å²) in [6, 6.07) is 0. The van der Waals surface area contributed by atoms with E-state index in [-0.39, 0.29) is 0 Å². The van der Waals surface area contributed by atoms with Crippen molar-refractivity contribution in [3.63, 3.8) is 0 Å². The Morgan fingerprint density at radius 3 is 1.38 bits per heavy atom. The zero-order valence-corrected chi connectivity index (χ0v) is 7.04. The molecular weight excluding hydrogens is 180 g/mol. The van der Waals surface area contributed by atoms with Crippen molar-refractivity contribution in [2.45, 2.75) is 0 Å². The SMILES string of the molecule is CNC(=O)C(=O)OC(=O)C(=O)NC. The number of carbonyl (C=O) groups is 4. The molecule has 0 bridgehead atoms. The molecule has 0 atom stereocenters. The summed E-state index contributed by atoms with van der Waals surface area (Å²) >= 11 is 0. The van der Waals surface area contributed by atoms with Crippen molar-refractivity contribution >= 4 is 23.8 Å². The summed E-state index contributed by atoms with van der Waals surface area (Å²) in [5.41, 5.74) is 0. The van der Waals surface area contributed by atoms with Crippen LogP contribution in [0.4, 0.5) is 0 Å². The highest BCUT2D eigenvalue weighted by molar-refractivity contribution is 6.41. The van der Waals surface area contributed by atoms with Crippen molar-refractivity contribution < 1.29 is 23.9 Å². The van der Waals surface area contributed by atoms with E-state index in [4.69, 9.17) is 0 Å². The molecule has 2 N–H and O–H groups in total. The van der Waals surface area contributed by atoms with Crippen LogP contribution in [0.25, 0.3) is 0 Å². The van der Waals surface area contributed by atoms with Crippen LogP contribution in [0.3, 0.4) is 0 Å². The fourth-order valence-corrected chi connectivity index (χ4v) is 0.381. The number of hydrogen-bond donors (Lipinski definition) is 2. The number of ether oxygens (including phenoxy) is 1. The number of likely N-dealkylation sites (N-methyl/N-ethyl adjacent to an activating group) is 2. The molecule has 0 saturated carbocycles. The first-order chi connectivity index (χ1) is 6.02. The summed E-state index contributed by atoms with van der Waals surface area (Å²) in [5, 5.41) is 3.86.